The Hall–Kier alpha value is -0.580. The maximum absolute atomic E-state index is 11.9. The molecule has 0 spiro atoms. The van der Waals surface area contributed by atoms with E-state index in [9.17, 15) is 4.79 Å². The highest BCUT2D eigenvalue weighted by molar-refractivity contribution is 7.14. The normalized spacial score (nSPS) is 12.1. The van der Waals surface area contributed by atoms with Gasteiger partial charge in [-0.25, -0.2) is 0 Å². The van der Waals surface area contributed by atoms with E-state index in [4.69, 9.17) is 0 Å². The van der Waals surface area contributed by atoms with E-state index >= 15 is 0 Å². The molecule has 0 saturated carbocycles. The Balaban J connectivity index is 0.00000256. The molecule has 1 amide bonds. The number of halogens is 1. The van der Waals surface area contributed by atoms with Crippen LogP contribution in [0.2, 0.25) is 0 Å². The number of amides is 1. The summed E-state index contributed by atoms with van der Waals surface area (Å²) in [6.45, 7) is 4.88. The first-order chi connectivity index (χ1) is 7.56. The number of likely N-dealkylation sites (N-methyl/N-ethyl adjacent to an activating group) is 1. The van der Waals surface area contributed by atoms with Crippen LogP contribution in [0.25, 0.3) is 0 Å². The van der Waals surface area contributed by atoms with Gasteiger partial charge in [-0.15, -0.1) is 23.7 Å². The average Bonchev–Trinajstić information content (AvgIpc) is 2.69. The van der Waals surface area contributed by atoms with Gasteiger partial charge in [0.25, 0.3) is 0 Å². The van der Waals surface area contributed by atoms with E-state index in [-0.39, 0.29) is 24.4 Å². The van der Waals surface area contributed by atoms with Crippen LogP contribution in [0.5, 0.6) is 0 Å². The summed E-state index contributed by atoms with van der Waals surface area (Å²) in [6.07, 6.45) is 0.551. The van der Waals surface area contributed by atoms with Crippen molar-refractivity contribution in [3.05, 3.63) is 17.5 Å². The smallest absolute Gasteiger partial charge is 0.227 e. The van der Waals surface area contributed by atoms with Gasteiger partial charge in [0, 0.05) is 19.0 Å². The van der Waals surface area contributed by atoms with Crippen LogP contribution in [0, 0.1) is 0 Å². The Morgan fingerprint density at radius 3 is 2.53 bits per heavy atom. The predicted octanol–water partition coefficient (Wildman–Crippen LogP) is 2.86. The van der Waals surface area contributed by atoms with Crippen LogP contribution in [0.1, 0.15) is 20.3 Å². The van der Waals surface area contributed by atoms with Crippen molar-refractivity contribution >= 4 is 34.7 Å². The van der Waals surface area contributed by atoms with Crippen molar-refractivity contribution < 1.29 is 4.79 Å². The quantitative estimate of drug-likeness (QED) is 0.826. The SMILES string of the molecule is CCC(=O)N(c1cccs1)C(C)CN(C)C.Cl. The number of carbonyl (C=O) groups is 1. The summed E-state index contributed by atoms with van der Waals surface area (Å²) in [5, 5.41) is 3.05. The van der Waals surface area contributed by atoms with Crippen LogP contribution in [0.4, 0.5) is 5.00 Å². The Labute approximate surface area is 114 Å². The van der Waals surface area contributed by atoms with Gasteiger partial charge in [-0.2, -0.15) is 0 Å². The van der Waals surface area contributed by atoms with E-state index in [1.807, 2.05) is 43.4 Å². The zero-order chi connectivity index (χ0) is 12.1. The summed E-state index contributed by atoms with van der Waals surface area (Å²) in [5.41, 5.74) is 0. The van der Waals surface area contributed by atoms with Crippen LogP contribution in [-0.2, 0) is 4.79 Å². The Kier molecular flexibility index (Phi) is 7.43. The molecule has 1 heterocycles. The number of carbonyl (C=O) groups excluding carboxylic acids is 1. The number of nitrogens with zero attached hydrogens (tertiary/aromatic N) is 2. The second-order valence-electron chi connectivity index (χ2n) is 4.18. The van der Waals surface area contributed by atoms with Crippen molar-refractivity contribution in [3.63, 3.8) is 0 Å². The van der Waals surface area contributed by atoms with E-state index in [0.717, 1.165) is 11.5 Å². The second-order valence-corrected chi connectivity index (χ2v) is 5.11. The Morgan fingerprint density at radius 1 is 1.47 bits per heavy atom. The number of rotatable bonds is 5. The van der Waals surface area contributed by atoms with Gasteiger partial charge < -0.3 is 4.90 Å². The molecule has 1 atom stereocenters. The van der Waals surface area contributed by atoms with Gasteiger partial charge in [0.1, 0.15) is 0 Å². The Morgan fingerprint density at radius 2 is 2.12 bits per heavy atom. The molecule has 0 aliphatic rings. The summed E-state index contributed by atoms with van der Waals surface area (Å²) in [7, 11) is 4.05. The minimum atomic E-state index is 0. The topological polar surface area (TPSA) is 23.6 Å². The van der Waals surface area contributed by atoms with E-state index < -0.39 is 0 Å². The van der Waals surface area contributed by atoms with Crippen molar-refractivity contribution in [2.75, 3.05) is 25.5 Å². The standard InChI is InChI=1S/C12H20N2OS.ClH/c1-5-11(15)14(10(2)9-13(3)4)12-7-6-8-16-12;/h6-8,10H,5,9H2,1-4H3;1H. The lowest BCUT2D eigenvalue weighted by Crippen LogP contribution is -2.43. The van der Waals surface area contributed by atoms with Crippen molar-refractivity contribution in [2.24, 2.45) is 0 Å². The average molecular weight is 277 g/mol. The third-order valence-corrected chi connectivity index (χ3v) is 3.25. The zero-order valence-corrected chi connectivity index (χ0v) is 12.5. The van der Waals surface area contributed by atoms with Crippen LogP contribution in [0.3, 0.4) is 0 Å². The van der Waals surface area contributed by atoms with Crippen LogP contribution >= 0.6 is 23.7 Å². The van der Waals surface area contributed by atoms with Gasteiger partial charge in [-0.05, 0) is 38.5 Å². The first-order valence-corrected chi connectivity index (χ1v) is 6.44. The lowest BCUT2D eigenvalue weighted by atomic mass is 10.2. The monoisotopic (exact) mass is 276 g/mol. The molecule has 0 aromatic carbocycles. The zero-order valence-electron chi connectivity index (χ0n) is 10.8. The molecule has 5 heteroatoms. The second kappa shape index (κ2) is 7.69. The molecule has 0 saturated heterocycles. The van der Waals surface area contributed by atoms with E-state index in [2.05, 4.69) is 11.8 Å². The highest BCUT2D eigenvalue weighted by Crippen LogP contribution is 2.24. The molecule has 0 aliphatic carbocycles. The molecule has 17 heavy (non-hydrogen) atoms. The van der Waals surface area contributed by atoms with Crippen LogP contribution in [-0.4, -0.2) is 37.5 Å². The fourth-order valence-electron chi connectivity index (χ4n) is 1.77. The molecular weight excluding hydrogens is 256 g/mol. The molecule has 0 aliphatic heterocycles. The minimum Gasteiger partial charge on any atom is -0.307 e. The third-order valence-electron chi connectivity index (χ3n) is 2.38. The molecule has 1 unspecified atom stereocenters. The lowest BCUT2D eigenvalue weighted by Gasteiger charge is -2.29. The largest absolute Gasteiger partial charge is 0.307 e. The molecule has 98 valence electrons. The van der Waals surface area contributed by atoms with Gasteiger partial charge in [-0.3, -0.25) is 9.69 Å². The number of hydrogen-bond acceptors (Lipinski definition) is 3. The van der Waals surface area contributed by atoms with Crippen LogP contribution < -0.4 is 4.90 Å². The summed E-state index contributed by atoms with van der Waals surface area (Å²) < 4.78 is 0. The third kappa shape index (κ3) is 4.66. The highest BCUT2D eigenvalue weighted by atomic mass is 35.5. The summed E-state index contributed by atoms with van der Waals surface area (Å²) >= 11 is 1.62. The van der Waals surface area contributed by atoms with Gasteiger partial charge in [0.15, 0.2) is 0 Å². The summed E-state index contributed by atoms with van der Waals surface area (Å²) in [5.74, 6) is 0.191. The number of thiophene rings is 1. The minimum absolute atomic E-state index is 0. The fourth-order valence-corrected chi connectivity index (χ4v) is 2.62. The first-order valence-electron chi connectivity index (χ1n) is 5.56. The van der Waals surface area contributed by atoms with Crippen LogP contribution in [0.15, 0.2) is 17.5 Å². The van der Waals surface area contributed by atoms with Gasteiger partial charge in [0.05, 0.1) is 5.00 Å². The lowest BCUT2D eigenvalue weighted by molar-refractivity contribution is -0.118. The van der Waals surface area contributed by atoms with Crippen molar-refractivity contribution in [2.45, 2.75) is 26.3 Å². The maximum Gasteiger partial charge on any atom is 0.227 e. The molecule has 0 N–H and O–H groups in total. The molecule has 3 nitrogen and oxygen atoms in total. The van der Waals surface area contributed by atoms with Crippen molar-refractivity contribution in [1.29, 1.82) is 0 Å². The fraction of sp³-hybridized carbons (Fsp3) is 0.583. The molecule has 1 aromatic heterocycles. The molecule has 0 radical (unpaired) electrons. The number of anilines is 1. The first kappa shape index (κ1) is 16.4. The van der Waals surface area contributed by atoms with Crippen molar-refractivity contribution in [3.8, 4) is 0 Å². The van der Waals surface area contributed by atoms with Gasteiger partial charge in [-0.1, -0.05) is 6.92 Å². The maximum atomic E-state index is 11.9. The molecule has 1 rings (SSSR count). The molecular formula is C12H21ClN2OS. The van der Waals surface area contributed by atoms with Gasteiger partial charge >= 0.3 is 0 Å². The summed E-state index contributed by atoms with van der Waals surface area (Å²) in [6, 6.07) is 4.20. The molecule has 1 aromatic rings. The van der Waals surface area contributed by atoms with E-state index in [1.165, 1.54) is 0 Å². The number of hydrogen-bond donors (Lipinski definition) is 0. The molecule has 0 fully saturated rings. The summed E-state index contributed by atoms with van der Waals surface area (Å²) in [4.78, 5) is 16.0. The highest BCUT2D eigenvalue weighted by Gasteiger charge is 2.21. The molecule has 0 bridgehead atoms. The van der Waals surface area contributed by atoms with Gasteiger partial charge in [0.2, 0.25) is 5.91 Å². The predicted molar refractivity (Wildman–Crippen MR) is 77.4 cm³/mol. The van der Waals surface area contributed by atoms with E-state index in [1.54, 1.807) is 11.3 Å². The Bertz CT molecular complexity index is 327. The van der Waals surface area contributed by atoms with E-state index in [0.29, 0.717) is 6.42 Å². The van der Waals surface area contributed by atoms with Crippen molar-refractivity contribution in [1.82, 2.24) is 4.90 Å².